The zero-order valence-corrected chi connectivity index (χ0v) is 10.4. The first-order valence-electron chi connectivity index (χ1n) is 5.81. The van der Waals surface area contributed by atoms with Gasteiger partial charge in [-0.25, -0.2) is 9.97 Å². The highest BCUT2D eigenvalue weighted by atomic mass is 15.0. The predicted molar refractivity (Wildman–Crippen MR) is 71.1 cm³/mol. The first kappa shape index (κ1) is 12.5. The molecule has 5 heteroatoms. The van der Waals surface area contributed by atoms with Crippen molar-refractivity contribution in [2.45, 2.75) is 6.92 Å². The number of hydrogen-bond donors (Lipinski definition) is 1. The fraction of sp³-hybridized carbons (Fsp3) is 0.143. The van der Waals surface area contributed by atoms with Gasteiger partial charge >= 0.3 is 0 Å². The van der Waals surface area contributed by atoms with E-state index in [2.05, 4.69) is 15.3 Å². The summed E-state index contributed by atoms with van der Waals surface area (Å²) >= 11 is 0. The van der Waals surface area contributed by atoms with E-state index >= 15 is 0 Å². The molecule has 0 saturated carbocycles. The molecule has 1 aromatic heterocycles. The second kappa shape index (κ2) is 5.61. The Labute approximate surface area is 111 Å². The quantitative estimate of drug-likeness (QED) is 0.902. The fourth-order valence-electron chi connectivity index (χ4n) is 1.68. The van der Waals surface area contributed by atoms with Crippen molar-refractivity contribution in [2.24, 2.45) is 0 Å². The molecule has 0 amide bonds. The zero-order valence-electron chi connectivity index (χ0n) is 10.4. The molecule has 2 rings (SSSR count). The minimum absolute atomic E-state index is 0.0399. The smallest absolute Gasteiger partial charge is 0.179 e. The van der Waals surface area contributed by atoms with Crippen LogP contribution in [0.3, 0.4) is 0 Å². The van der Waals surface area contributed by atoms with E-state index in [0.29, 0.717) is 18.1 Å². The van der Waals surface area contributed by atoms with Crippen LogP contribution in [-0.2, 0) is 0 Å². The molecule has 19 heavy (non-hydrogen) atoms. The summed E-state index contributed by atoms with van der Waals surface area (Å²) in [5, 5.41) is 21.1. The van der Waals surface area contributed by atoms with Crippen LogP contribution in [0, 0.1) is 22.7 Å². The van der Waals surface area contributed by atoms with E-state index in [1.54, 1.807) is 0 Å². The highest BCUT2D eigenvalue weighted by Gasteiger charge is 2.14. The third-order valence-electron chi connectivity index (χ3n) is 2.50. The van der Waals surface area contributed by atoms with Crippen LogP contribution in [0.4, 0.5) is 5.82 Å². The van der Waals surface area contributed by atoms with Crippen LogP contribution < -0.4 is 5.32 Å². The number of nitrogens with zero attached hydrogens (tertiary/aromatic N) is 4. The molecule has 0 bridgehead atoms. The predicted octanol–water partition coefficient (Wildman–Crippen LogP) is 2.32. The van der Waals surface area contributed by atoms with Crippen molar-refractivity contribution < 1.29 is 0 Å². The third kappa shape index (κ3) is 2.51. The molecule has 1 heterocycles. The van der Waals surface area contributed by atoms with Gasteiger partial charge in [0.15, 0.2) is 17.2 Å². The van der Waals surface area contributed by atoms with Gasteiger partial charge < -0.3 is 5.32 Å². The Bertz CT molecular complexity index is 665. The largest absolute Gasteiger partial charge is 0.368 e. The first-order valence-corrected chi connectivity index (χ1v) is 5.81. The maximum absolute atomic E-state index is 9.02. The second-order valence-electron chi connectivity index (χ2n) is 3.74. The first-order chi connectivity index (χ1) is 9.30. The van der Waals surface area contributed by atoms with E-state index in [1.807, 2.05) is 49.4 Å². The molecule has 1 aromatic carbocycles. The van der Waals surface area contributed by atoms with Gasteiger partial charge in [-0.2, -0.15) is 10.5 Å². The average molecular weight is 249 g/mol. The Morgan fingerprint density at radius 1 is 1.05 bits per heavy atom. The van der Waals surface area contributed by atoms with Gasteiger partial charge in [-0.15, -0.1) is 0 Å². The van der Waals surface area contributed by atoms with E-state index in [4.69, 9.17) is 10.5 Å². The lowest BCUT2D eigenvalue weighted by Crippen LogP contribution is -2.06. The van der Waals surface area contributed by atoms with Crippen molar-refractivity contribution in [3.63, 3.8) is 0 Å². The number of nitriles is 2. The molecule has 0 aliphatic carbocycles. The summed E-state index contributed by atoms with van der Waals surface area (Å²) in [6.07, 6.45) is 0. The van der Waals surface area contributed by atoms with Crippen molar-refractivity contribution in [1.29, 1.82) is 10.5 Å². The van der Waals surface area contributed by atoms with Gasteiger partial charge in [0.2, 0.25) is 0 Å². The van der Waals surface area contributed by atoms with Gasteiger partial charge in [-0.3, -0.25) is 0 Å². The number of benzene rings is 1. The minimum Gasteiger partial charge on any atom is -0.368 e. The summed E-state index contributed by atoms with van der Waals surface area (Å²) in [5.74, 6) is 0.518. The Morgan fingerprint density at radius 3 is 2.26 bits per heavy atom. The molecule has 1 N–H and O–H groups in total. The summed E-state index contributed by atoms with van der Waals surface area (Å²) in [6.45, 7) is 2.59. The van der Waals surface area contributed by atoms with Crippen LogP contribution in [0.2, 0.25) is 0 Å². The van der Waals surface area contributed by atoms with Crippen LogP contribution >= 0.6 is 0 Å². The average Bonchev–Trinajstić information content (AvgIpc) is 2.48. The molecule has 0 spiro atoms. The van der Waals surface area contributed by atoms with Crippen molar-refractivity contribution in [2.75, 3.05) is 11.9 Å². The van der Waals surface area contributed by atoms with Gasteiger partial charge in [-0.05, 0) is 6.92 Å². The third-order valence-corrected chi connectivity index (χ3v) is 2.50. The molecule has 0 fully saturated rings. The number of hydrogen-bond acceptors (Lipinski definition) is 5. The molecule has 0 aliphatic heterocycles. The van der Waals surface area contributed by atoms with E-state index in [9.17, 15) is 0 Å². The van der Waals surface area contributed by atoms with Crippen molar-refractivity contribution >= 4 is 5.82 Å². The van der Waals surface area contributed by atoms with E-state index in [-0.39, 0.29) is 11.4 Å². The summed E-state index contributed by atoms with van der Waals surface area (Å²) in [5.41, 5.74) is 1.52. The van der Waals surface area contributed by atoms with Crippen molar-refractivity contribution in [3.8, 4) is 23.4 Å². The van der Waals surface area contributed by atoms with Gasteiger partial charge in [-0.1, -0.05) is 30.3 Å². The van der Waals surface area contributed by atoms with E-state index in [1.165, 1.54) is 0 Å². The number of aromatic nitrogens is 2. The lowest BCUT2D eigenvalue weighted by atomic mass is 10.1. The Balaban J connectivity index is 2.66. The van der Waals surface area contributed by atoms with Crippen molar-refractivity contribution in [1.82, 2.24) is 9.97 Å². The number of nitrogens with one attached hydrogen (secondary N) is 1. The Morgan fingerprint density at radius 2 is 1.68 bits per heavy atom. The molecule has 5 nitrogen and oxygen atoms in total. The molecule has 2 aromatic rings. The Hall–Kier alpha value is -2.92. The van der Waals surface area contributed by atoms with E-state index < -0.39 is 0 Å². The highest BCUT2D eigenvalue weighted by Crippen LogP contribution is 2.25. The zero-order chi connectivity index (χ0) is 13.7. The highest BCUT2D eigenvalue weighted by molar-refractivity contribution is 5.72. The molecule has 0 unspecified atom stereocenters. The molecule has 0 aliphatic rings. The van der Waals surface area contributed by atoms with Gasteiger partial charge in [0.1, 0.15) is 17.8 Å². The normalized spacial score (nSPS) is 9.42. The summed E-state index contributed by atoms with van der Waals surface area (Å²) in [4.78, 5) is 8.41. The second-order valence-corrected chi connectivity index (χ2v) is 3.74. The molecular formula is C14H11N5. The SMILES string of the molecule is CCNc1nc(C#N)c(C#N)nc1-c1ccccc1. The van der Waals surface area contributed by atoms with Crippen LogP contribution in [-0.4, -0.2) is 16.5 Å². The molecule has 0 radical (unpaired) electrons. The maximum Gasteiger partial charge on any atom is 0.179 e. The van der Waals surface area contributed by atoms with E-state index in [0.717, 1.165) is 5.56 Å². The summed E-state index contributed by atoms with van der Waals surface area (Å²) in [6, 6.07) is 13.2. The van der Waals surface area contributed by atoms with Gasteiger partial charge in [0, 0.05) is 12.1 Å². The minimum atomic E-state index is 0.0399. The van der Waals surface area contributed by atoms with Crippen LogP contribution in [0.5, 0.6) is 0 Å². The number of rotatable bonds is 3. The fourth-order valence-corrected chi connectivity index (χ4v) is 1.68. The standard InChI is InChI=1S/C14H11N5/c1-2-17-14-13(10-6-4-3-5-7-10)18-11(8-15)12(9-16)19-14/h3-7H,2H2,1H3,(H,17,19). The molecule has 92 valence electrons. The topological polar surface area (TPSA) is 85.4 Å². The van der Waals surface area contributed by atoms with Crippen LogP contribution in [0.15, 0.2) is 30.3 Å². The molecule has 0 atom stereocenters. The van der Waals surface area contributed by atoms with Gasteiger partial charge in [0.25, 0.3) is 0 Å². The summed E-state index contributed by atoms with van der Waals surface area (Å²) < 4.78 is 0. The van der Waals surface area contributed by atoms with Crippen LogP contribution in [0.25, 0.3) is 11.3 Å². The maximum atomic E-state index is 9.02. The molecule has 0 saturated heterocycles. The monoisotopic (exact) mass is 249 g/mol. The van der Waals surface area contributed by atoms with Crippen molar-refractivity contribution in [3.05, 3.63) is 41.7 Å². The lowest BCUT2D eigenvalue weighted by Gasteiger charge is -2.10. The molecular weight excluding hydrogens is 238 g/mol. The number of anilines is 1. The van der Waals surface area contributed by atoms with Gasteiger partial charge in [0.05, 0.1) is 0 Å². The Kier molecular flexibility index (Phi) is 3.70. The summed E-state index contributed by atoms with van der Waals surface area (Å²) in [7, 11) is 0. The lowest BCUT2D eigenvalue weighted by molar-refractivity contribution is 1.09. The van der Waals surface area contributed by atoms with Crippen LogP contribution in [0.1, 0.15) is 18.3 Å².